The van der Waals surface area contributed by atoms with Crippen LogP contribution < -0.4 is 4.72 Å². The topological polar surface area (TPSA) is 66.5 Å². The predicted octanol–water partition coefficient (Wildman–Crippen LogP) is 5.21. The van der Waals surface area contributed by atoms with Crippen molar-refractivity contribution in [3.63, 3.8) is 0 Å². The summed E-state index contributed by atoms with van der Waals surface area (Å²) in [6.45, 7) is 2.53. The summed E-state index contributed by atoms with van der Waals surface area (Å²) in [5.74, 6) is -1.84. The number of halogens is 4. The molecule has 0 saturated carbocycles. The van der Waals surface area contributed by atoms with Crippen molar-refractivity contribution in [1.82, 2.24) is 4.90 Å². The van der Waals surface area contributed by atoms with Crippen LogP contribution in [0, 0.1) is 12.7 Å². The van der Waals surface area contributed by atoms with Gasteiger partial charge in [0.25, 0.3) is 15.9 Å². The number of carbonyl (C=O) groups is 1. The van der Waals surface area contributed by atoms with Gasteiger partial charge in [-0.15, -0.1) is 11.3 Å². The van der Waals surface area contributed by atoms with Gasteiger partial charge in [-0.05, 0) is 66.2 Å². The molecule has 0 spiro atoms. The third-order valence-electron chi connectivity index (χ3n) is 5.46. The van der Waals surface area contributed by atoms with E-state index in [1.165, 1.54) is 17.0 Å². The molecule has 0 saturated heterocycles. The minimum Gasteiger partial charge on any atom is -0.334 e. The number of hydrogen-bond acceptors (Lipinski definition) is 4. The van der Waals surface area contributed by atoms with E-state index in [0.29, 0.717) is 24.7 Å². The van der Waals surface area contributed by atoms with Crippen LogP contribution in [0.25, 0.3) is 0 Å². The lowest BCUT2D eigenvalue weighted by Gasteiger charge is -2.28. The maximum atomic E-state index is 13.6. The highest BCUT2D eigenvalue weighted by Crippen LogP contribution is 2.33. The summed E-state index contributed by atoms with van der Waals surface area (Å²) in [5, 5.41) is 1.97. The van der Waals surface area contributed by atoms with Gasteiger partial charge in [0.05, 0.1) is 16.1 Å². The predicted molar refractivity (Wildman–Crippen MR) is 116 cm³/mol. The first-order valence-electron chi connectivity index (χ1n) is 9.81. The van der Waals surface area contributed by atoms with Gasteiger partial charge in [-0.3, -0.25) is 9.52 Å². The van der Waals surface area contributed by atoms with Gasteiger partial charge in [0.1, 0.15) is 5.82 Å². The molecule has 174 valence electrons. The molecule has 4 rings (SSSR count). The quantitative estimate of drug-likeness (QED) is 0.502. The first-order chi connectivity index (χ1) is 15.5. The molecule has 0 fully saturated rings. The van der Waals surface area contributed by atoms with Crippen LogP contribution in [0.4, 0.5) is 23.2 Å². The lowest BCUT2D eigenvalue weighted by Crippen LogP contribution is -2.35. The van der Waals surface area contributed by atoms with E-state index in [1.807, 2.05) is 11.4 Å². The molecule has 0 aliphatic carbocycles. The molecule has 5 nitrogen and oxygen atoms in total. The molecule has 0 unspecified atom stereocenters. The van der Waals surface area contributed by atoms with E-state index in [0.717, 1.165) is 18.1 Å². The number of thiophene rings is 1. The number of amides is 1. The minimum atomic E-state index is -5.05. The maximum absolute atomic E-state index is 13.6. The molecule has 0 radical (unpaired) electrons. The Morgan fingerprint density at radius 3 is 2.64 bits per heavy atom. The normalized spacial score (nSPS) is 14.2. The second kappa shape index (κ2) is 8.45. The Morgan fingerprint density at radius 1 is 1.15 bits per heavy atom. The molecule has 33 heavy (non-hydrogen) atoms. The van der Waals surface area contributed by atoms with Crippen molar-refractivity contribution in [2.24, 2.45) is 0 Å². The van der Waals surface area contributed by atoms with E-state index in [9.17, 15) is 30.8 Å². The number of nitrogens with zero attached hydrogens (tertiary/aromatic N) is 1. The summed E-state index contributed by atoms with van der Waals surface area (Å²) in [6, 6.07) is 7.89. The lowest BCUT2D eigenvalue weighted by molar-refractivity contribution is -0.140. The average molecular weight is 499 g/mol. The molecular weight excluding hydrogens is 480 g/mol. The van der Waals surface area contributed by atoms with E-state index < -0.39 is 32.5 Å². The highest BCUT2D eigenvalue weighted by atomic mass is 32.2. The van der Waals surface area contributed by atoms with Gasteiger partial charge >= 0.3 is 6.18 Å². The van der Waals surface area contributed by atoms with Crippen LogP contribution in [0.15, 0.2) is 52.7 Å². The second-order valence-electron chi connectivity index (χ2n) is 7.57. The van der Waals surface area contributed by atoms with Crippen LogP contribution in [0.3, 0.4) is 0 Å². The number of anilines is 1. The van der Waals surface area contributed by atoms with E-state index in [1.54, 1.807) is 29.2 Å². The van der Waals surface area contributed by atoms with Crippen LogP contribution >= 0.6 is 11.3 Å². The molecule has 1 aliphatic heterocycles. The van der Waals surface area contributed by atoms with Gasteiger partial charge in [-0.25, -0.2) is 12.8 Å². The van der Waals surface area contributed by atoms with E-state index in [2.05, 4.69) is 4.72 Å². The molecule has 0 bridgehead atoms. The number of alkyl halides is 3. The highest BCUT2D eigenvalue weighted by molar-refractivity contribution is 7.92. The Labute approximate surface area is 191 Å². The Morgan fingerprint density at radius 2 is 1.91 bits per heavy atom. The zero-order valence-electron chi connectivity index (χ0n) is 17.2. The van der Waals surface area contributed by atoms with E-state index >= 15 is 0 Å². The molecule has 2 heterocycles. The van der Waals surface area contributed by atoms with Crippen LogP contribution in [0.5, 0.6) is 0 Å². The third kappa shape index (κ3) is 4.60. The maximum Gasteiger partial charge on any atom is 0.419 e. The van der Waals surface area contributed by atoms with E-state index in [4.69, 9.17) is 0 Å². The zero-order chi connectivity index (χ0) is 24.0. The number of fused-ring (bicyclic) bond motifs is 1. The summed E-state index contributed by atoms with van der Waals surface area (Å²) in [7, 11) is -4.48. The largest absolute Gasteiger partial charge is 0.419 e. The molecule has 2 aromatic carbocycles. The standard InChI is InChI=1S/C22H18F4N2O3S2/c1-13-16(21(29)28-9-7-20-14(12-28)8-10-32-20)3-2-4-19(13)27-33(30,31)15-5-6-18(23)17(11-15)22(24,25)26/h2-6,8,10-11,27H,7,9,12H2,1H3. The first-order valence-corrected chi connectivity index (χ1v) is 12.2. The van der Waals surface area contributed by atoms with Crippen LogP contribution in [-0.4, -0.2) is 25.8 Å². The summed E-state index contributed by atoms with van der Waals surface area (Å²) in [5.41, 5.74) is 0.0612. The number of benzene rings is 2. The summed E-state index contributed by atoms with van der Waals surface area (Å²) in [6.07, 6.45) is -4.31. The number of carbonyl (C=O) groups excluding carboxylic acids is 1. The van der Waals surface area contributed by atoms with Crippen molar-refractivity contribution in [3.05, 3.63) is 80.8 Å². The van der Waals surface area contributed by atoms with Crippen molar-refractivity contribution in [3.8, 4) is 0 Å². The van der Waals surface area contributed by atoms with Crippen LogP contribution in [-0.2, 0) is 29.2 Å². The van der Waals surface area contributed by atoms with Crippen molar-refractivity contribution >= 4 is 33.0 Å². The molecule has 1 aliphatic rings. The SMILES string of the molecule is Cc1c(NS(=O)(=O)c2ccc(F)c(C(F)(F)F)c2)cccc1C(=O)N1CCc2sccc2C1. The minimum absolute atomic E-state index is 0.0481. The average Bonchev–Trinajstić information content (AvgIpc) is 3.22. The first kappa shape index (κ1) is 23.2. The monoisotopic (exact) mass is 498 g/mol. The zero-order valence-corrected chi connectivity index (χ0v) is 18.9. The fraction of sp³-hybridized carbons (Fsp3) is 0.227. The molecule has 11 heteroatoms. The molecule has 1 amide bonds. The number of nitrogens with one attached hydrogen (secondary N) is 1. The fourth-order valence-corrected chi connectivity index (χ4v) is 5.70. The molecule has 3 aromatic rings. The van der Waals surface area contributed by atoms with Crippen molar-refractivity contribution in [2.75, 3.05) is 11.3 Å². The van der Waals surface area contributed by atoms with Crippen molar-refractivity contribution in [2.45, 2.75) is 31.0 Å². The second-order valence-corrected chi connectivity index (χ2v) is 10.3. The summed E-state index contributed by atoms with van der Waals surface area (Å²) < 4.78 is 80.3. The van der Waals surface area contributed by atoms with Gasteiger partial charge in [0.2, 0.25) is 0 Å². The smallest absolute Gasteiger partial charge is 0.334 e. The van der Waals surface area contributed by atoms with E-state index in [-0.39, 0.29) is 23.2 Å². The molecule has 0 atom stereocenters. The highest BCUT2D eigenvalue weighted by Gasteiger charge is 2.35. The van der Waals surface area contributed by atoms with Gasteiger partial charge in [-0.2, -0.15) is 13.2 Å². The third-order valence-corrected chi connectivity index (χ3v) is 7.84. The Bertz CT molecular complexity index is 1330. The Balaban J connectivity index is 1.61. The number of sulfonamides is 1. The fourth-order valence-electron chi connectivity index (χ4n) is 3.66. The van der Waals surface area contributed by atoms with Crippen LogP contribution in [0.2, 0.25) is 0 Å². The van der Waals surface area contributed by atoms with Gasteiger partial charge in [0.15, 0.2) is 0 Å². The number of hydrogen-bond donors (Lipinski definition) is 1. The summed E-state index contributed by atoms with van der Waals surface area (Å²) in [4.78, 5) is 15.3. The van der Waals surface area contributed by atoms with Gasteiger partial charge in [-0.1, -0.05) is 6.07 Å². The van der Waals surface area contributed by atoms with Crippen LogP contribution in [0.1, 0.15) is 31.9 Å². The van der Waals surface area contributed by atoms with Gasteiger partial charge < -0.3 is 4.90 Å². The number of rotatable bonds is 4. The lowest BCUT2D eigenvalue weighted by atomic mass is 10.0. The summed E-state index contributed by atoms with van der Waals surface area (Å²) >= 11 is 1.64. The molecule has 1 N–H and O–H groups in total. The van der Waals surface area contributed by atoms with Gasteiger partial charge in [0, 0.05) is 23.5 Å². The Hall–Kier alpha value is -2.92. The Kier molecular flexibility index (Phi) is 5.95. The van der Waals surface area contributed by atoms with Crippen molar-refractivity contribution < 1.29 is 30.8 Å². The molecular formula is C22H18F4N2O3S2. The van der Waals surface area contributed by atoms with Crippen molar-refractivity contribution in [1.29, 1.82) is 0 Å². The molecule has 1 aromatic heterocycles.